The Kier molecular flexibility index (Phi) is 4.54. The van der Waals surface area contributed by atoms with Gasteiger partial charge in [0, 0.05) is 23.5 Å². The van der Waals surface area contributed by atoms with E-state index >= 15 is 0 Å². The van der Waals surface area contributed by atoms with Crippen molar-refractivity contribution in [2.45, 2.75) is 12.5 Å². The summed E-state index contributed by atoms with van der Waals surface area (Å²) in [7, 11) is 1.66. The molecule has 2 aromatic rings. The molecule has 1 atom stereocenters. The van der Waals surface area contributed by atoms with Gasteiger partial charge in [-0.2, -0.15) is 0 Å². The summed E-state index contributed by atoms with van der Waals surface area (Å²) in [5.41, 5.74) is 2.06. The Morgan fingerprint density at radius 2 is 2.18 bits per heavy atom. The highest BCUT2D eigenvalue weighted by Gasteiger charge is 2.16. The summed E-state index contributed by atoms with van der Waals surface area (Å²) in [6.45, 7) is 0. The van der Waals surface area contributed by atoms with Gasteiger partial charge in [-0.1, -0.05) is 18.2 Å². The third-order valence-electron chi connectivity index (χ3n) is 2.75. The van der Waals surface area contributed by atoms with Crippen LogP contribution in [0.5, 0.6) is 0 Å². The molecule has 3 N–H and O–H groups in total. The molecule has 1 heterocycles. The quantitative estimate of drug-likeness (QED) is 0.780. The molecule has 0 aliphatic rings. The molecule has 0 bridgehead atoms. The van der Waals surface area contributed by atoms with Crippen molar-refractivity contribution in [2.24, 2.45) is 0 Å². The number of fused-ring (bicyclic) bond motifs is 1. The Labute approximate surface area is 105 Å². The third-order valence-corrected chi connectivity index (χ3v) is 2.75. The average Bonchev–Trinajstić information content (AvgIpc) is 2.69. The zero-order chi connectivity index (χ0) is 11.5. The minimum absolute atomic E-state index is 0. The summed E-state index contributed by atoms with van der Waals surface area (Å²) >= 11 is 0. The average molecular weight is 255 g/mol. The summed E-state index contributed by atoms with van der Waals surface area (Å²) in [6.07, 6.45) is 2.35. The van der Waals surface area contributed by atoms with Crippen LogP contribution in [-0.4, -0.2) is 29.1 Å². The maximum Gasteiger partial charge on any atom is 0.321 e. The zero-order valence-corrected chi connectivity index (χ0v) is 10.3. The zero-order valence-electron chi connectivity index (χ0n) is 9.43. The van der Waals surface area contributed by atoms with Gasteiger partial charge in [0.1, 0.15) is 6.04 Å². The number of likely N-dealkylation sites (N-methyl/N-ethyl adjacent to an activating group) is 1. The normalized spacial score (nSPS) is 12.1. The van der Waals surface area contributed by atoms with Gasteiger partial charge >= 0.3 is 5.97 Å². The van der Waals surface area contributed by atoms with Crippen molar-refractivity contribution >= 4 is 29.3 Å². The summed E-state index contributed by atoms with van der Waals surface area (Å²) in [4.78, 5) is 14.1. The van der Waals surface area contributed by atoms with Crippen molar-refractivity contribution in [1.82, 2.24) is 10.3 Å². The van der Waals surface area contributed by atoms with Gasteiger partial charge in [0.25, 0.3) is 0 Å². The molecule has 17 heavy (non-hydrogen) atoms. The lowest BCUT2D eigenvalue weighted by Crippen LogP contribution is -2.35. The number of aliphatic carboxylic acids is 1. The topological polar surface area (TPSA) is 65.1 Å². The van der Waals surface area contributed by atoms with Crippen LogP contribution in [0.25, 0.3) is 10.9 Å². The number of nitrogens with one attached hydrogen (secondary N) is 2. The SMILES string of the molecule is CNC(Cc1c[nH]c2ccccc12)C(=O)O.Cl. The van der Waals surface area contributed by atoms with Crippen molar-refractivity contribution in [2.75, 3.05) is 7.05 Å². The summed E-state index contributed by atoms with van der Waals surface area (Å²) < 4.78 is 0. The van der Waals surface area contributed by atoms with Gasteiger partial charge in [0.05, 0.1) is 0 Å². The number of H-pyrrole nitrogens is 1. The van der Waals surface area contributed by atoms with Gasteiger partial charge in [-0.05, 0) is 18.7 Å². The van der Waals surface area contributed by atoms with Gasteiger partial charge in [0.15, 0.2) is 0 Å². The first-order valence-corrected chi connectivity index (χ1v) is 5.17. The number of para-hydroxylation sites is 1. The van der Waals surface area contributed by atoms with Gasteiger partial charge in [0.2, 0.25) is 0 Å². The second-order valence-electron chi connectivity index (χ2n) is 3.74. The minimum Gasteiger partial charge on any atom is -0.480 e. The lowest BCUT2D eigenvalue weighted by atomic mass is 10.1. The minimum atomic E-state index is -0.826. The van der Waals surface area contributed by atoms with E-state index in [1.54, 1.807) is 7.05 Å². The Morgan fingerprint density at radius 3 is 2.82 bits per heavy atom. The first-order valence-electron chi connectivity index (χ1n) is 5.17. The van der Waals surface area contributed by atoms with E-state index in [-0.39, 0.29) is 12.4 Å². The highest BCUT2D eigenvalue weighted by molar-refractivity contribution is 5.85. The number of halogens is 1. The van der Waals surface area contributed by atoms with Crippen molar-refractivity contribution in [3.8, 4) is 0 Å². The third kappa shape index (κ3) is 2.78. The van der Waals surface area contributed by atoms with Gasteiger partial charge in [-0.3, -0.25) is 4.79 Å². The Bertz CT molecular complexity index is 510. The fourth-order valence-corrected chi connectivity index (χ4v) is 1.83. The number of carboxylic acids is 1. The molecule has 1 aromatic carbocycles. The molecule has 1 unspecified atom stereocenters. The van der Waals surface area contributed by atoms with Gasteiger partial charge in [-0.25, -0.2) is 0 Å². The predicted octanol–water partition coefficient (Wildman–Crippen LogP) is 1.80. The van der Waals surface area contributed by atoms with Crippen molar-refractivity contribution in [1.29, 1.82) is 0 Å². The fourth-order valence-electron chi connectivity index (χ4n) is 1.83. The largest absolute Gasteiger partial charge is 0.480 e. The molecule has 0 amide bonds. The van der Waals surface area contributed by atoms with Crippen molar-refractivity contribution in [3.63, 3.8) is 0 Å². The van der Waals surface area contributed by atoms with Crippen LogP contribution in [0.2, 0.25) is 0 Å². The van der Waals surface area contributed by atoms with E-state index in [1.807, 2.05) is 30.5 Å². The second kappa shape index (κ2) is 5.70. The molecule has 0 fully saturated rings. The van der Waals surface area contributed by atoms with Crippen LogP contribution in [-0.2, 0) is 11.2 Å². The van der Waals surface area contributed by atoms with Gasteiger partial charge < -0.3 is 15.4 Å². The molecule has 5 heteroatoms. The highest BCUT2D eigenvalue weighted by Crippen LogP contribution is 2.18. The van der Waals surface area contributed by atoms with Gasteiger partial charge in [-0.15, -0.1) is 12.4 Å². The second-order valence-corrected chi connectivity index (χ2v) is 3.74. The fraction of sp³-hybridized carbons (Fsp3) is 0.250. The van der Waals surface area contributed by atoms with Crippen molar-refractivity contribution < 1.29 is 9.90 Å². The number of hydrogen-bond donors (Lipinski definition) is 3. The van der Waals surface area contributed by atoms with E-state index in [0.29, 0.717) is 6.42 Å². The van der Waals surface area contributed by atoms with E-state index < -0.39 is 12.0 Å². The summed E-state index contributed by atoms with van der Waals surface area (Å²) in [5, 5.41) is 12.8. The molecule has 0 saturated heterocycles. The summed E-state index contributed by atoms with van der Waals surface area (Å²) in [6, 6.07) is 7.34. The van der Waals surface area contributed by atoms with Crippen LogP contribution in [0.4, 0.5) is 0 Å². The number of aromatic amines is 1. The number of carboxylic acid groups (broad SMARTS) is 1. The predicted molar refractivity (Wildman–Crippen MR) is 69.7 cm³/mol. The smallest absolute Gasteiger partial charge is 0.321 e. The van der Waals surface area contributed by atoms with Crippen LogP contribution < -0.4 is 5.32 Å². The van der Waals surface area contributed by atoms with Crippen LogP contribution in [0.1, 0.15) is 5.56 Å². The molecule has 0 aliphatic heterocycles. The lowest BCUT2D eigenvalue weighted by molar-refractivity contribution is -0.139. The van der Waals surface area contributed by atoms with E-state index in [9.17, 15) is 4.79 Å². The number of carbonyl (C=O) groups is 1. The Balaban J connectivity index is 0.00000144. The highest BCUT2D eigenvalue weighted by atomic mass is 35.5. The van der Waals surface area contributed by atoms with E-state index in [2.05, 4.69) is 10.3 Å². The van der Waals surface area contributed by atoms with Crippen LogP contribution in [0.15, 0.2) is 30.5 Å². The first-order chi connectivity index (χ1) is 7.72. The van der Waals surface area contributed by atoms with E-state index in [4.69, 9.17) is 5.11 Å². The monoisotopic (exact) mass is 254 g/mol. The Hall–Kier alpha value is -1.52. The molecular formula is C12H15ClN2O2. The summed E-state index contributed by atoms with van der Waals surface area (Å²) in [5.74, 6) is -0.826. The van der Waals surface area contributed by atoms with Crippen LogP contribution in [0.3, 0.4) is 0 Å². The number of aromatic nitrogens is 1. The standard InChI is InChI=1S/C12H14N2O2.ClH/c1-13-11(12(15)16)6-8-7-14-10-5-3-2-4-9(8)10;/h2-5,7,11,13-14H,6H2,1H3,(H,15,16);1H. The van der Waals surface area contributed by atoms with E-state index in [0.717, 1.165) is 16.5 Å². The molecular weight excluding hydrogens is 240 g/mol. The Morgan fingerprint density at radius 1 is 1.47 bits per heavy atom. The maximum absolute atomic E-state index is 10.9. The van der Waals surface area contributed by atoms with Crippen LogP contribution in [0, 0.1) is 0 Å². The molecule has 0 aliphatic carbocycles. The number of benzene rings is 1. The molecule has 4 nitrogen and oxygen atoms in total. The van der Waals surface area contributed by atoms with Crippen LogP contribution >= 0.6 is 12.4 Å². The molecule has 2 rings (SSSR count). The first kappa shape index (κ1) is 13.5. The molecule has 0 saturated carbocycles. The lowest BCUT2D eigenvalue weighted by Gasteiger charge is -2.09. The van der Waals surface area contributed by atoms with Crippen molar-refractivity contribution in [3.05, 3.63) is 36.0 Å². The number of rotatable bonds is 4. The van der Waals surface area contributed by atoms with E-state index in [1.165, 1.54) is 0 Å². The molecule has 1 aromatic heterocycles. The molecule has 92 valence electrons. The maximum atomic E-state index is 10.9. The number of hydrogen-bond acceptors (Lipinski definition) is 2. The molecule has 0 spiro atoms. The molecule has 0 radical (unpaired) electrons.